The molecule has 2 heterocycles. The van der Waals surface area contributed by atoms with Gasteiger partial charge in [-0.05, 0) is 30.0 Å². The molecular formula is C20H22N2O3S. The van der Waals surface area contributed by atoms with Crippen molar-refractivity contribution in [3.8, 4) is 0 Å². The van der Waals surface area contributed by atoms with Gasteiger partial charge in [0.25, 0.3) is 0 Å². The number of H-pyrrole nitrogens is 1. The first-order valence-electron chi connectivity index (χ1n) is 8.71. The monoisotopic (exact) mass is 370 g/mol. The molecule has 1 aliphatic heterocycles. The number of benzene rings is 2. The summed E-state index contributed by atoms with van der Waals surface area (Å²) in [5, 5.41) is 1.05. The molecule has 6 heteroatoms. The lowest BCUT2D eigenvalue weighted by Crippen LogP contribution is -2.34. The van der Waals surface area contributed by atoms with Crippen LogP contribution in [0.2, 0.25) is 0 Å². The molecule has 1 aromatic heterocycles. The molecule has 5 nitrogen and oxygen atoms in total. The number of hydrogen-bond donors (Lipinski definition) is 2. The predicted molar refractivity (Wildman–Crippen MR) is 104 cm³/mol. The summed E-state index contributed by atoms with van der Waals surface area (Å²) in [6.07, 6.45) is 4.98. The summed E-state index contributed by atoms with van der Waals surface area (Å²) in [4.78, 5) is 3.30. The summed E-state index contributed by atoms with van der Waals surface area (Å²) in [5.41, 5.74) is 3.72. The zero-order valence-corrected chi connectivity index (χ0v) is 15.5. The van der Waals surface area contributed by atoms with Crippen molar-refractivity contribution in [1.82, 2.24) is 4.98 Å². The van der Waals surface area contributed by atoms with Crippen LogP contribution in [-0.2, 0) is 20.2 Å². The second kappa shape index (κ2) is 6.45. The van der Waals surface area contributed by atoms with Gasteiger partial charge in [0.05, 0.1) is 17.5 Å². The number of aromatic nitrogens is 1. The predicted octanol–water partition coefficient (Wildman–Crippen LogP) is 3.64. The molecule has 2 aromatic carbocycles. The third-order valence-corrected chi connectivity index (χ3v) is 5.79. The van der Waals surface area contributed by atoms with Gasteiger partial charge in [-0.1, -0.05) is 42.5 Å². The normalized spacial score (nSPS) is 17.3. The third-order valence-electron chi connectivity index (χ3n) is 5.20. The van der Waals surface area contributed by atoms with E-state index in [0.717, 1.165) is 23.7 Å². The number of fused-ring (bicyclic) bond motifs is 1. The van der Waals surface area contributed by atoms with Crippen LogP contribution < -0.4 is 4.72 Å². The van der Waals surface area contributed by atoms with Crippen LogP contribution in [0.5, 0.6) is 0 Å². The second-order valence-corrected chi connectivity index (χ2v) is 8.61. The van der Waals surface area contributed by atoms with Gasteiger partial charge in [-0.2, -0.15) is 0 Å². The van der Waals surface area contributed by atoms with Crippen molar-refractivity contribution in [2.75, 3.05) is 24.2 Å². The van der Waals surface area contributed by atoms with Gasteiger partial charge < -0.3 is 9.72 Å². The van der Waals surface area contributed by atoms with Gasteiger partial charge in [0.15, 0.2) is 0 Å². The quantitative estimate of drug-likeness (QED) is 0.737. The lowest BCUT2D eigenvalue weighted by molar-refractivity contribution is 0.0635. The van der Waals surface area contributed by atoms with Crippen molar-refractivity contribution >= 4 is 26.6 Å². The molecule has 0 unspecified atom stereocenters. The first kappa shape index (κ1) is 17.1. The minimum absolute atomic E-state index is 0.137. The standard InChI is InChI=1S/C20H22N2O3S/c1-26(23,24)22-18-9-5-8-16-17(14-21-19(16)18)20(10-12-25-13-11-20)15-6-3-2-4-7-15/h2-9,14,21-22H,10-13H2,1H3. The molecule has 1 aliphatic rings. The number of anilines is 1. The van der Waals surface area contributed by atoms with Crippen molar-refractivity contribution in [3.05, 3.63) is 65.9 Å². The second-order valence-electron chi connectivity index (χ2n) is 6.87. The summed E-state index contributed by atoms with van der Waals surface area (Å²) in [5.74, 6) is 0. The number of para-hydroxylation sites is 1. The Morgan fingerprint density at radius 1 is 1.04 bits per heavy atom. The Hall–Kier alpha value is -2.31. The van der Waals surface area contributed by atoms with Crippen LogP contribution in [0.1, 0.15) is 24.0 Å². The fourth-order valence-corrected chi connectivity index (χ4v) is 4.60. The lowest BCUT2D eigenvalue weighted by Gasteiger charge is -2.38. The summed E-state index contributed by atoms with van der Waals surface area (Å²) >= 11 is 0. The number of hydrogen-bond acceptors (Lipinski definition) is 3. The molecular weight excluding hydrogens is 348 g/mol. The number of nitrogens with one attached hydrogen (secondary N) is 2. The molecule has 1 fully saturated rings. The van der Waals surface area contributed by atoms with E-state index in [-0.39, 0.29) is 5.41 Å². The molecule has 0 saturated carbocycles. The van der Waals surface area contributed by atoms with Crippen molar-refractivity contribution in [3.63, 3.8) is 0 Å². The summed E-state index contributed by atoms with van der Waals surface area (Å²) < 4.78 is 31.6. The zero-order valence-electron chi connectivity index (χ0n) is 14.7. The van der Waals surface area contributed by atoms with Crippen LogP contribution in [0.25, 0.3) is 10.9 Å². The van der Waals surface area contributed by atoms with E-state index in [0.29, 0.717) is 18.9 Å². The van der Waals surface area contributed by atoms with E-state index < -0.39 is 10.0 Å². The Balaban J connectivity index is 1.90. The minimum Gasteiger partial charge on any atom is -0.381 e. The fraction of sp³-hybridized carbons (Fsp3) is 0.300. The van der Waals surface area contributed by atoms with E-state index in [1.165, 1.54) is 17.4 Å². The maximum Gasteiger partial charge on any atom is 0.229 e. The van der Waals surface area contributed by atoms with Crippen LogP contribution in [0.4, 0.5) is 5.69 Å². The molecule has 0 bridgehead atoms. The van der Waals surface area contributed by atoms with Gasteiger partial charge in [-0.25, -0.2) is 8.42 Å². The molecule has 0 atom stereocenters. The van der Waals surface area contributed by atoms with Gasteiger partial charge in [0.2, 0.25) is 10.0 Å². The number of ether oxygens (including phenoxy) is 1. The number of aromatic amines is 1. The first-order chi connectivity index (χ1) is 12.5. The van der Waals surface area contributed by atoms with E-state index in [1.54, 1.807) is 6.07 Å². The van der Waals surface area contributed by atoms with Gasteiger partial charge in [-0.3, -0.25) is 4.72 Å². The molecule has 4 rings (SSSR count). The maximum atomic E-state index is 11.7. The average Bonchev–Trinajstić information content (AvgIpc) is 3.08. The fourth-order valence-electron chi connectivity index (χ4n) is 4.03. The first-order valence-corrected chi connectivity index (χ1v) is 10.6. The van der Waals surface area contributed by atoms with Crippen molar-refractivity contribution < 1.29 is 13.2 Å². The van der Waals surface area contributed by atoms with Crippen LogP contribution in [0.15, 0.2) is 54.7 Å². The Kier molecular flexibility index (Phi) is 4.25. The molecule has 3 aromatic rings. The van der Waals surface area contributed by atoms with Gasteiger partial charge in [0, 0.05) is 30.2 Å². The van der Waals surface area contributed by atoms with Crippen molar-refractivity contribution in [2.45, 2.75) is 18.3 Å². The Morgan fingerprint density at radius 3 is 2.46 bits per heavy atom. The maximum absolute atomic E-state index is 11.7. The van der Waals surface area contributed by atoms with Crippen LogP contribution in [0, 0.1) is 0 Å². The molecule has 0 aliphatic carbocycles. The van der Waals surface area contributed by atoms with Crippen molar-refractivity contribution in [1.29, 1.82) is 0 Å². The summed E-state index contributed by atoms with van der Waals surface area (Å²) in [7, 11) is -3.34. The smallest absolute Gasteiger partial charge is 0.229 e. The highest BCUT2D eigenvalue weighted by Gasteiger charge is 2.38. The van der Waals surface area contributed by atoms with E-state index >= 15 is 0 Å². The van der Waals surface area contributed by atoms with Gasteiger partial charge >= 0.3 is 0 Å². The Labute approximate surface area is 153 Å². The Morgan fingerprint density at radius 2 is 1.77 bits per heavy atom. The molecule has 0 radical (unpaired) electrons. The van der Waals surface area contributed by atoms with Crippen LogP contribution >= 0.6 is 0 Å². The van der Waals surface area contributed by atoms with Crippen LogP contribution in [0.3, 0.4) is 0 Å². The van der Waals surface area contributed by atoms with Crippen LogP contribution in [-0.4, -0.2) is 32.9 Å². The van der Waals surface area contributed by atoms with E-state index in [9.17, 15) is 8.42 Å². The van der Waals surface area contributed by atoms with Gasteiger partial charge in [-0.15, -0.1) is 0 Å². The average molecular weight is 370 g/mol. The molecule has 136 valence electrons. The lowest BCUT2D eigenvalue weighted by atomic mass is 9.69. The summed E-state index contributed by atoms with van der Waals surface area (Å²) in [6.45, 7) is 1.42. The highest BCUT2D eigenvalue weighted by Crippen LogP contribution is 2.44. The zero-order chi connectivity index (χ0) is 18.2. The van der Waals surface area contributed by atoms with Crippen molar-refractivity contribution in [2.24, 2.45) is 0 Å². The van der Waals surface area contributed by atoms with Gasteiger partial charge in [0.1, 0.15) is 0 Å². The molecule has 26 heavy (non-hydrogen) atoms. The highest BCUT2D eigenvalue weighted by atomic mass is 32.2. The minimum atomic E-state index is -3.34. The number of sulfonamides is 1. The third kappa shape index (κ3) is 2.99. The van der Waals surface area contributed by atoms with E-state index in [4.69, 9.17) is 4.74 Å². The number of rotatable bonds is 4. The van der Waals surface area contributed by atoms with E-state index in [2.05, 4.69) is 40.0 Å². The van der Waals surface area contributed by atoms with E-state index in [1.807, 2.05) is 18.3 Å². The largest absolute Gasteiger partial charge is 0.381 e. The summed E-state index contributed by atoms with van der Waals surface area (Å²) in [6, 6.07) is 16.2. The topological polar surface area (TPSA) is 71.2 Å². The molecule has 1 saturated heterocycles. The molecule has 2 N–H and O–H groups in total. The SMILES string of the molecule is CS(=O)(=O)Nc1cccc2c(C3(c4ccccc4)CCOCC3)c[nH]c12. The molecule has 0 amide bonds. The molecule has 0 spiro atoms. The Bertz CT molecular complexity index is 1020. The highest BCUT2D eigenvalue weighted by molar-refractivity contribution is 7.92.